The van der Waals surface area contributed by atoms with Crippen LogP contribution in [0.1, 0.15) is 34.2 Å². The van der Waals surface area contributed by atoms with E-state index < -0.39 is 11.7 Å². The lowest BCUT2D eigenvalue weighted by Gasteiger charge is -2.29. The second-order valence-corrected chi connectivity index (χ2v) is 8.08. The van der Waals surface area contributed by atoms with E-state index in [0.717, 1.165) is 0 Å². The maximum absolute atomic E-state index is 12.6. The van der Waals surface area contributed by atoms with Gasteiger partial charge in [-0.15, -0.1) is 0 Å². The molecule has 1 aromatic heterocycles. The van der Waals surface area contributed by atoms with Gasteiger partial charge in [0.15, 0.2) is 11.4 Å². The number of imidazole rings is 1. The molecule has 1 amide bonds. The SMILES string of the molecule is C[C@@H](O)CNC(=O)c1ccc2nc(C(O)(c3ccccc3)c3ccccc3)n(CCN)c2c1. The number of nitrogens with zero attached hydrogens (tertiary/aromatic N) is 2. The summed E-state index contributed by atoms with van der Waals surface area (Å²) in [4.78, 5) is 17.4. The highest BCUT2D eigenvalue weighted by Gasteiger charge is 2.39. The number of rotatable bonds is 8. The fourth-order valence-corrected chi connectivity index (χ4v) is 4.02. The van der Waals surface area contributed by atoms with Crippen LogP contribution in [0, 0.1) is 0 Å². The van der Waals surface area contributed by atoms with Crippen LogP contribution in [0.3, 0.4) is 0 Å². The van der Waals surface area contributed by atoms with Gasteiger partial charge in [-0.3, -0.25) is 4.79 Å². The third-order valence-corrected chi connectivity index (χ3v) is 5.63. The van der Waals surface area contributed by atoms with Gasteiger partial charge in [-0.25, -0.2) is 4.98 Å². The molecule has 33 heavy (non-hydrogen) atoms. The van der Waals surface area contributed by atoms with Gasteiger partial charge in [-0.1, -0.05) is 60.7 Å². The molecule has 0 aliphatic rings. The fourth-order valence-electron chi connectivity index (χ4n) is 4.02. The van der Waals surface area contributed by atoms with Gasteiger partial charge in [0.25, 0.3) is 5.91 Å². The molecule has 3 aromatic carbocycles. The smallest absolute Gasteiger partial charge is 0.251 e. The maximum atomic E-state index is 12.6. The first-order chi connectivity index (χ1) is 15.9. The van der Waals surface area contributed by atoms with Crippen LogP contribution >= 0.6 is 0 Å². The molecule has 170 valence electrons. The van der Waals surface area contributed by atoms with Crippen LogP contribution < -0.4 is 11.1 Å². The highest BCUT2D eigenvalue weighted by Crippen LogP contribution is 2.37. The summed E-state index contributed by atoms with van der Waals surface area (Å²) < 4.78 is 1.88. The summed E-state index contributed by atoms with van der Waals surface area (Å²) in [6.07, 6.45) is -0.640. The van der Waals surface area contributed by atoms with Crippen LogP contribution in [-0.2, 0) is 12.1 Å². The first-order valence-electron chi connectivity index (χ1n) is 11.0. The first kappa shape index (κ1) is 22.7. The van der Waals surface area contributed by atoms with E-state index in [1.807, 2.05) is 65.2 Å². The van der Waals surface area contributed by atoms with Crippen molar-refractivity contribution in [2.75, 3.05) is 13.1 Å². The number of aliphatic hydroxyl groups is 2. The number of carbonyl (C=O) groups is 1. The molecular formula is C26H28N4O3. The van der Waals surface area contributed by atoms with E-state index in [2.05, 4.69) is 5.32 Å². The standard InChI is InChI=1S/C26H28N4O3/c1-18(31)17-28-24(32)19-12-13-22-23(16-19)30(15-14-27)25(29-22)26(33,20-8-4-2-5-9-20)21-10-6-3-7-11-21/h2-13,16,18,31,33H,14-15,17,27H2,1H3,(H,28,32)/t18-/m1/s1. The lowest BCUT2D eigenvalue weighted by molar-refractivity contribution is 0.0924. The molecule has 0 saturated heterocycles. The molecule has 0 spiro atoms. The van der Waals surface area contributed by atoms with Crippen molar-refractivity contribution in [3.63, 3.8) is 0 Å². The van der Waals surface area contributed by atoms with Crippen molar-refractivity contribution < 1.29 is 15.0 Å². The molecular weight excluding hydrogens is 416 g/mol. The van der Waals surface area contributed by atoms with Gasteiger partial charge < -0.3 is 25.8 Å². The number of hydrogen-bond donors (Lipinski definition) is 4. The van der Waals surface area contributed by atoms with E-state index in [-0.39, 0.29) is 12.5 Å². The van der Waals surface area contributed by atoms with Gasteiger partial charge in [0.2, 0.25) is 0 Å². The quantitative estimate of drug-likeness (QED) is 0.333. The predicted molar refractivity (Wildman–Crippen MR) is 128 cm³/mol. The predicted octanol–water partition coefficient (Wildman–Crippen LogP) is 2.39. The lowest BCUT2D eigenvalue weighted by Crippen LogP contribution is -2.33. The third-order valence-electron chi connectivity index (χ3n) is 5.63. The van der Waals surface area contributed by atoms with E-state index in [1.54, 1.807) is 25.1 Å². The number of hydrogen-bond acceptors (Lipinski definition) is 5. The van der Waals surface area contributed by atoms with Crippen molar-refractivity contribution in [2.45, 2.75) is 25.2 Å². The lowest BCUT2D eigenvalue weighted by atomic mass is 9.85. The van der Waals surface area contributed by atoms with Crippen molar-refractivity contribution in [3.05, 3.63) is 101 Å². The highest BCUT2D eigenvalue weighted by atomic mass is 16.3. The second-order valence-electron chi connectivity index (χ2n) is 8.08. The summed E-state index contributed by atoms with van der Waals surface area (Å²) in [5.41, 5.74) is 7.57. The van der Waals surface area contributed by atoms with E-state index >= 15 is 0 Å². The molecule has 1 heterocycles. The van der Waals surface area contributed by atoms with Gasteiger partial charge in [-0.2, -0.15) is 0 Å². The largest absolute Gasteiger partial charge is 0.392 e. The number of fused-ring (bicyclic) bond motifs is 1. The van der Waals surface area contributed by atoms with Crippen molar-refractivity contribution in [1.82, 2.24) is 14.9 Å². The van der Waals surface area contributed by atoms with Crippen LogP contribution in [0.25, 0.3) is 11.0 Å². The number of nitrogens with one attached hydrogen (secondary N) is 1. The summed E-state index contributed by atoms with van der Waals surface area (Å²) in [5.74, 6) is 0.142. The topological polar surface area (TPSA) is 113 Å². The number of carbonyl (C=O) groups excluding carboxylic acids is 1. The van der Waals surface area contributed by atoms with Gasteiger partial charge in [0.05, 0.1) is 17.1 Å². The van der Waals surface area contributed by atoms with Gasteiger partial charge >= 0.3 is 0 Å². The Bertz CT molecular complexity index is 1200. The van der Waals surface area contributed by atoms with Crippen molar-refractivity contribution >= 4 is 16.9 Å². The number of aliphatic hydroxyl groups excluding tert-OH is 1. The number of amides is 1. The Morgan fingerprint density at radius 1 is 1.06 bits per heavy atom. The minimum Gasteiger partial charge on any atom is -0.392 e. The summed E-state index contributed by atoms with van der Waals surface area (Å²) in [6, 6.07) is 24.0. The molecule has 0 aliphatic heterocycles. The van der Waals surface area contributed by atoms with Crippen LogP contribution in [0.5, 0.6) is 0 Å². The average molecular weight is 445 g/mol. The molecule has 1 atom stereocenters. The summed E-state index contributed by atoms with van der Waals surface area (Å²) in [6.45, 7) is 2.51. The molecule has 0 aliphatic carbocycles. The van der Waals surface area contributed by atoms with E-state index in [0.29, 0.717) is 46.6 Å². The molecule has 4 aromatic rings. The second kappa shape index (κ2) is 9.54. The Morgan fingerprint density at radius 2 is 1.67 bits per heavy atom. The monoisotopic (exact) mass is 444 g/mol. The first-order valence-corrected chi connectivity index (χ1v) is 11.0. The van der Waals surface area contributed by atoms with Crippen LogP contribution in [0.4, 0.5) is 0 Å². The van der Waals surface area contributed by atoms with Crippen LogP contribution in [0.2, 0.25) is 0 Å². The van der Waals surface area contributed by atoms with Gasteiger partial charge in [0, 0.05) is 25.2 Å². The van der Waals surface area contributed by atoms with Gasteiger partial charge in [0.1, 0.15) is 0 Å². The zero-order valence-electron chi connectivity index (χ0n) is 18.5. The zero-order valence-corrected chi connectivity index (χ0v) is 18.5. The Kier molecular flexibility index (Phi) is 6.55. The highest BCUT2D eigenvalue weighted by molar-refractivity contribution is 5.97. The molecule has 0 bridgehead atoms. The molecule has 0 fully saturated rings. The Balaban J connectivity index is 1.91. The summed E-state index contributed by atoms with van der Waals surface area (Å²) in [5, 5.41) is 24.4. The normalized spacial score (nSPS) is 12.6. The van der Waals surface area contributed by atoms with E-state index in [9.17, 15) is 15.0 Å². The van der Waals surface area contributed by atoms with Crippen molar-refractivity contribution in [3.8, 4) is 0 Å². The summed E-state index contributed by atoms with van der Waals surface area (Å²) >= 11 is 0. The molecule has 0 saturated carbocycles. The minimum atomic E-state index is -1.52. The minimum absolute atomic E-state index is 0.159. The van der Waals surface area contributed by atoms with Gasteiger partial charge in [-0.05, 0) is 36.2 Å². The van der Waals surface area contributed by atoms with E-state index in [4.69, 9.17) is 10.7 Å². The third kappa shape index (κ3) is 4.39. The molecule has 5 N–H and O–H groups in total. The van der Waals surface area contributed by atoms with Crippen molar-refractivity contribution in [2.24, 2.45) is 5.73 Å². The Morgan fingerprint density at radius 3 is 2.21 bits per heavy atom. The maximum Gasteiger partial charge on any atom is 0.251 e. The molecule has 0 unspecified atom stereocenters. The Labute approximate surface area is 192 Å². The number of aromatic nitrogens is 2. The Hall–Kier alpha value is -3.52. The molecule has 7 heteroatoms. The number of benzene rings is 3. The molecule has 7 nitrogen and oxygen atoms in total. The van der Waals surface area contributed by atoms with Crippen LogP contribution in [0.15, 0.2) is 78.9 Å². The zero-order chi connectivity index (χ0) is 23.4. The van der Waals surface area contributed by atoms with Crippen LogP contribution in [-0.4, -0.2) is 44.9 Å². The average Bonchev–Trinajstić information content (AvgIpc) is 3.21. The van der Waals surface area contributed by atoms with E-state index in [1.165, 1.54) is 0 Å². The molecule has 0 radical (unpaired) electrons. The number of nitrogens with two attached hydrogens (primary N) is 1. The fraction of sp³-hybridized carbons (Fsp3) is 0.231. The molecule has 4 rings (SSSR count). The summed E-state index contributed by atoms with van der Waals surface area (Å²) in [7, 11) is 0. The van der Waals surface area contributed by atoms with Crippen molar-refractivity contribution in [1.29, 1.82) is 0 Å².